The Balaban J connectivity index is 1.77. The Kier molecular flexibility index (Phi) is 3.46. The molecule has 4 nitrogen and oxygen atoms in total. The molecular formula is C14H18ClN3O. The van der Waals surface area contributed by atoms with Crippen LogP contribution in [-0.4, -0.2) is 52.9 Å². The normalized spacial score (nSPS) is 27.4. The molecule has 1 aromatic heterocycles. The molecule has 0 spiro atoms. The van der Waals surface area contributed by atoms with E-state index in [9.17, 15) is 4.79 Å². The lowest BCUT2D eigenvalue weighted by molar-refractivity contribution is 0.0734. The Morgan fingerprint density at radius 2 is 2.11 bits per heavy atom. The first kappa shape index (κ1) is 12.9. The van der Waals surface area contributed by atoms with Gasteiger partial charge in [0.2, 0.25) is 0 Å². The third-order valence-corrected chi connectivity index (χ3v) is 4.58. The first-order valence-corrected chi connectivity index (χ1v) is 7.16. The molecule has 5 heteroatoms. The molecule has 0 saturated carbocycles. The van der Waals surface area contributed by atoms with Crippen LogP contribution in [0.3, 0.4) is 0 Å². The molecule has 1 aromatic rings. The predicted molar refractivity (Wildman–Crippen MR) is 74.3 cm³/mol. The topological polar surface area (TPSA) is 36.4 Å². The fraction of sp³-hybridized carbons (Fsp3) is 0.571. The summed E-state index contributed by atoms with van der Waals surface area (Å²) < 4.78 is 0. The van der Waals surface area contributed by atoms with Crippen LogP contribution in [-0.2, 0) is 0 Å². The molecular weight excluding hydrogens is 262 g/mol. The molecule has 3 rings (SSSR count). The van der Waals surface area contributed by atoms with E-state index >= 15 is 0 Å². The Hall–Kier alpha value is -1.13. The van der Waals surface area contributed by atoms with Crippen molar-refractivity contribution in [1.82, 2.24) is 14.8 Å². The first-order chi connectivity index (χ1) is 9.15. The van der Waals surface area contributed by atoms with E-state index in [1.807, 2.05) is 4.90 Å². The minimum absolute atomic E-state index is 0.00319. The molecule has 3 heterocycles. The van der Waals surface area contributed by atoms with E-state index in [0.29, 0.717) is 22.9 Å². The van der Waals surface area contributed by atoms with Crippen molar-refractivity contribution >= 4 is 17.5 Å². The van der Waals surface area contributed by atoms with E-state index in [-0.39, 0.29) is 5.91 Å². The van der Waals surface area contributed by atoms with Crippen molar-refractivity contribution in [2.75, 3.05) is 20.1 Å². The summed E-state index contributed by atoms with van der Waals surface area (Å²) in [6.45, 7) is 1.62. The molecule has 2 atom stereocenters. The fourth-order valence-corrected chi connectivity index (χ4v) is 3.35. The summed E-state index contributed by atoms with van der Waals surface area (Å²) >= 11 is 5.86. The number of amides is 1. The van der Waals surface area contributed by atoms with Gasteiger partial charge in [-0.2, -0.15) is 0 Å². The summed E-state index contributed by atoms with van der Waals surface area (Å²) in [6.07, 6.45) is 3.51. The van der Waals surface area contributed by atoms with Gasteiger partial charge in [-0.05, 0) is 38.4 Å². The molecule has 1 amide bonds. The van der Waals surface area contributed by atoms with E-state index in [1.165, 1.54) is 12.8 Å². The van der Waals surface area contributed by atoms with Gasteiger partial charge in [-0.15, -0.1) is 0 Å². The maximum absolute atomic E-state index is 12.5. The van der Waals surface area contributed by atoms with Crippen molar-refractivity contribution in [1.29, 1.82) is 0 Å². The molecule has 2 aliphatic heterocycles. The summed E-state index contributed by atoms with van der Waals surface area (Å²) in [5, 5.41) is 0.374. The highest BCUT2D eigenvalue weighted by Gasteiger charge is 2.36. The van der Waals surface area contributed by atoms with Crippen molar-refractivity contribution in [3.63, 3.8) is 0 Å². The third kappa shape index (κ3) is 2.47. The van der Waals surface area contributed by atoms with Gasteiger partial charge in [0, 0.05) is 25.2 Å². The molecule has 19 heavy (non-hydrogen) atoms. The van der Waals surface area contributed by atoms with Crippen LogP contribution in [0.15, 0.2) is 18.2 Å². The van der Waals surface area contributed by atoms with Crippen molar-refractivity contribution in [2.45, 2.75) is 31.3 Å². The monoisotopic (exact) mass is 279 g/mol. The average molecular weight is 280 g/mol. The number of likely N-dealkylation sites (tertiary alicyclic amines) is 1. The average Bonchev–Trinajstić information content (AvgIpc) is 2.62. The second-order valence-corrected chi connectivity index (χ2v) is 5.82. The number of aromatic nitrogens is 1. The van der Waals surface area contributed by atoms with Gasteiger partial charge >= 0.3 is 0 Å². The molecule has 2 fully saturated rings. The number of likely N-dealkylation sites (N-methyl/N-ethyl adjacent to an activating group) is 1. The van der Waals surface area contributed by atoms with Crippen molar-refractivity contribution in [2.24, 2.45) is 0 Å². The summed E-state index contributed by atoms with van der Waals surface area (Å²) in [5.74, 6) is 0.00319. The second kappa shape index (κ2) is 5.10. The van der Waals surface area contributed by atoms with Crippen LogP contribution in [0, 0.1) is 0 Å². The maximum Gasteiger partial charge on any atom is 0.272 e. The van der Waals surface area contributed by atoms with Crippen LogP contribution >= 0.6 is 11.6 Å². The molecule has 2 bridgehead atoms. The number of hydrogen-bond acceptors (Lipinski definition) is 3. The Morgan fingerprint density at radius 1 is 1.32 bits per heavy atom. The van der Waals surface area contributed by atoms with Gasteiger partial charge in [0.15, 0.2) is 0 Å². The number of rotatable bonds is 1. The minimum Gasteiger partial charge on any atom is -0.336 e. The summed E-state index contributed by atoms with van der Waals surface area (Å²) in [7, 11) is 2.17. The van der Waals surface area contributed by atoms with Crippen LogP contribution < -0.4 is 0 Å². The van der Waals surface area contributed by atoms with E-state index < -0.39 is 0 Å². The zero-order valence-corrected chi connectivity index (χ0v) is 11.8. The highest BCUT2D eigenvalue weighted by atomic mass is 35.5. The van der Waals surface area contributed by atoms with Gasteiger partial charge in [0.05, 0.1) is 0 Å². The molecule has 102 valence electrons. The molecule has 2 aliphatic rings. The summed E-state index contributed by atoms with van der Waals surface area (Å²) in [6, 6.07) is 6.33. The highest BCUT2D eigenvalue weighted by Crippen LogP contribution is 2.28. The van der Waals surface area contributed by atoms with Gasteiger partial charge in [-0.1, -0.05) is 17.7 Å². The first-order valence-electron chi connectivity index (χ1n) is 6.79. The number of hydrogen-bond donors (Lipinski definition) is 0. The van der Waals surface area contributed by atoms with E-state index in [4.69, 9.17) is 11.6 Å². The third-order valence-electron chi connectivity index (χ3n) is 4.37. The van der Waals surface area contributed by atoms with Crippen molar-refractivity contribution < 1.29 is 4.79 Å². The standard InChI is InChI=1S/C14H18ClN3O/c1-17-10-5-6-11(17)9-18(8-7-10)14(19)12-3-2-4-13(15)16-12/h2-4,10-11H,5-9H2,1H3. The fourth-order valence-electron chi connectivity index (χ4n) is 3.18. The minimum atomic E-state index is 0.00319. The zero-order valence-electron chi connectivity index (χ0n) is 11.1. The van der Waals surface area contributed by atoms with Gasteiger partial charge in [-0.3, -0.25) is 9.69 Å². The van der Waals surface area contributed by atoms with E-state index in [0.717, 1.165) is 19.5 Å². The number of carbonyl (C=O) groups is 1. The summed E-state index contributed by atoms with van der Waals surface area (Å²) in [4.78, 5) is 21.0. The highest BCUT2D eigenvalue weighted by molar-refractivity contribution is 6.29. The molecule has 0 radical (unpaired) electrons. The number of nitrogens with zero attached hydrogens (tertiary/aromatic N) is 3. The zero-order chi connectivity index (χ0) is 13.4. The van der Waals surface area contributed by atoms with Crippen LogP contribution in [0.1, 0.15) is 29.8 Å². The van der Waals surface area contributed by atoms with E-state index in [1.54, 1.807) is 18.2 Å². The molecule has 2 unspecified atom stereocenters. The van der Waals surface area contributed by atoms with Crippen molar-refractivity contribution in [3.8, 4) is 0 Å². The van der Waals surface area contributed by atoms with Crippen LogP contribution in [0.4, 0.5) is 0 Å². The van der Waals surface area contributed by atoms with Gasteiger partial charge in [0.1, 0.15) is 10.8 Å². The molecule has 0 N–H and O–H groups in total. The second-order valence-electron chi connectivity index (χ2n) is 5.44. The molecule has 2 saturated heterocycles. The molecule has 0 aromatic carbocycles. The lowest BCUT2D eigenvalue weighted by atomic mass is 10.1. The van der Waals surface area contributed by atoms with E-state index in [2.05, 4.69) is 16.9 Å². The largest absolute Gasteiger partial charge is 0.336 e. The van der Waals surface area contributed by atoms with Crippen LogP contribution in [0.25, 0.3) is 0 Å². The Bertz CT molecular complexity index is 493. The van der Waals surface area contributed by atoms with Gasteiger partial charge in [0.25, 0.3) is 5.91 Å². The summed E-state index contributed by atoms with van der Waals surface area (Å²) in [5.41, 5.74) is 0.452. The van der Waals surface area contributed by atoms with Crippen molar-refractivity contribution in [3.05, 3.63) is 29.0 Å². The van der Waals surface area contributed by atoms with Gasteiger partial charge < -0.3 is 4.90 Å². The van der Waals surface area contributed by atoms with Crippen LogP contribution in [0.2, 0.25) is 5.15 Å². The number of fused-ring (bicyclic) bond motifs is 2. The Labute approximate surface area is 118 Å². The smallest absolute Gasteiger partial charge is 0.272 e. The lowest BCUT2D eigenvalue weighted by Crippen LogP contribution is -2.40. The predicted octanol–water partition coefficient (Wildman–Crippen LogP) is 2.04. The SMILES string of the molecule is CN1C2CCC1CN(C(=O)c1cccc(Cl)n1)CC2. The van der Waals surface area contributed by atoms with Gasteiger partial charge in [-0.25, -0.2) is 4.98 Å². The van der Waals surface area contributed by atoms with Crippen LogP contribution in [0.5, 0.6) is 0 Å². The number of carbonyl (C=O) groups excluding carboxylic acids is 1. The quantitative estimate of drug-likeness (QED) is 0.738. The Morgan fingerprint density at radius 3 is 2.89 bits per heavy atom. The molecule has 0 aliphatic carbocycles. The number of halogens is 1. The maximum atomic E-state index is 12.5. The lowest BCUT2D eigenvalue weighted by Gasteiger charge is -2.25. The number of pyridine rings is 1.